The Bertz CT molecular complexity index is 508. The third-order valence-electron chi connectivity index (χ3n) is 3.38. The molecule has 1 N–H and O–H groups in total. The zero-order valence-electron chi connectivity index (χ0n) is 12.9. The summed E-state index contributed by atoms with van der Waals surface area (Å²) in [4.78, 5) is 27.1. The highest BCUT2D eigenvalue weighted by molar-refractivity contribution is 5.81. The van der Waals surface area contributed by atoms with Crippen molar-refractivity contribution < 1.29 is 14.0 Å². The number of carbonyl (C=O) groups is 2. The summed E-state index contributed by atoms with van der Waals surface area (Å²) in [5.41, 5.74) is 0. The lowest BCUT2D eigenvalue weighted by atomic mass is 10.3. The fourth-order valence-corrected chi connectivity index (χ4v) is 2.05. The Labute approximate surface area is 125 Å². The minimum atomic E-state index is -0.0363. The van der Waals surface area contributed by atoms with Crippen LogP contribution in [0, 0.1) is 6.92 Å². The number of nitrogens with one attached hydrogen (secondary N) is 1. The summed E-state index contributed by atoms with van der Waals surface area (Å²) < 4.78 is 5.45. The molecule has 21 heavy (non-hydrogen) atoms. The Morgan fingerprint density at radius 1 is 1.29 bits per heavy atom. The van der Waals surface area contributed by atoms with Crippen molar-refractivity contribution in [3.8, 4) is 0 Å². The van der Waals surface area contributed by atoms with Crippen LogP contribution in [0.1, 0.15) is 24.4 Å². The predicted octanol–water partition coefficient (Wildman–Crippen LogP) is 0.757. The second kappa shape index (κ2) is 6.76. The van der Waals surface area contributed by atoms with Gasteiger partial charge in [-0.25, -0.2) is 0 Å². The summed E-state index contributed by atoms with van der Waals surface area (Å²) in [7, 11) is 3.51. The van der Waals surface area contributed by atoms with Crippen LogP contribution in [0.4, 0.5) is 0 Å². The van der Waals surface area contributed by atoms with Crippen LogP contribution in [0.2, 0.25) is 0 Å². The van der Waals surface area contributed by atoms with Gasteiger partial charge in [-0.2, -0.15) is 0 Å². The normalized spacial score (nSPS) is 14.3. The van der Waals surface area contributed by atoms with Crippen molar-refractivity contribution in [3.05, 3.63) is 23.7 Å². The van der Waals surface area contributed by atoms with E-state index >= 15 is 0 Å². The summed E-state index contributed by atoms with van der Waals surface area (Å²) in [5, 5.41) is 2.91. The number of nitrogens with zero attached hydrogens (tertiary/aromatic N) is 2. The van der Waals surface area contributed by atoms with Gasteiger partial charge in [0.2, 0.25) is 11.8 Å². The standard InChI is InChI=1S/C15H23N3O3/c1-11-4-7-13(21-11)8-18(3)15(20)10-17(2)9-14(19)16-12-5-6-12/h4,7,12H,5-6,8-10H2,1-3H3,(H,16,19). The molecule has 0 aromatic carbocycles. The molecule has 0 spiro atoms. The van der Waals surface area contributed by atoms with Crippen LogP contribution < -0.4 is 5.32 Å². The maximum absolute atomic E-state index is 12.1. The van der Waals surface area contributed by atoms with Crippen LogP contribution in [-0.4, -0.2) is 54.8 Å². The minimum Gasteiger partial charge on any atom is -0.464 e. The van der Waals surface area contributed by atoms with E-state index in [4.69, 9.17) is 4.42 Å². The van der Waals surface area contributed by atoms with Crippen molar-refractivity contribution in [2.24, 2.45) is 0 Å². The van der Waals surface area contributed by atoms with Crippen LogP contribution in [0.15, 0.2) is 16.5 Å². The van der Waals surface area contributed by atoms with Gasteiger partial charge < -0.3 is 14.6 Å². The van der Waals surface area contributed by atoms with E-state index in [0.29, 0.717) is 12.6 Å². The number of carbonyl (C=O) groups excluding carboxylic acids is 2. The molecule has 0 saturated heterocycles. The lowest BCUT2D eigenvalue weighted by molar-refractivity contribution is -0.132. The second-order valence-electron chi connectivity index (χ2n) is 5.78. The molecule has 0 aliphatic heterocycles. The fourth-order valence-electron chi connectivity index (χ4n) is 2.05. The summed E-state index contributed by atoms with van der Waals surface area (Å²) in [6.45, 7) is 2.77. The molecule has 2 amide bonds. The molecule has 1 aliphatic carbocycles. The molecule has 1 saturated carbocycles. The Morgan fingerprint density at radius 2 is 2.00 bits per heavy atom. The van der Waals surface area contributed by atoms with E-state index in [0.717, 1.165) is 24.4 Å². The van der Waals surface area contributed by atoms with Crippen molar-refractivity contribution in [1.82, 2.24) is 15.1 Å². The molecular weight excluding hydrogens is 270 g/mol. The Hall–Kier alpha value is -1.82. The Balaban J connectivity index is 1.72. The number of aryl methyl sites for hydroxylation is 1. The molecule has 1 fully saturated rings. The third kappa shape index (κ3) is 5.23. The SMILES string of the molecule is Cc1ccc(CN(C)C(=O)CN(C)CC(=O)NC2CC2)o1. The van der Waals surface area contributed by atoms with E-state index in [2.05, 4.69) is 5.32 Å². The van der Waals surface area contributed by atoms with Crippen LogP contribution in [0.25, 0.3) is 0 Å². The summed E-state index contributed by atoms with van der Waals surface area (Å²) in [6.07, 6.45) is 2.14. The molecule has 0 atom stereocenters. The van der Waals surface area contributed by atoms with Gasteiger partial charge in [-0.3, -0.25) is 14.5 Å². The molecule has 0 bridgehead atoms. The number of amides is 2. The van der Waals surface area contributed by atoms with Gasteiger partial charge in [-0.05, 0) is 38.9 Å². The molecule has 6 heteroatoms. The van der Waals surface area contributed by atoms with E-state index in [1.54, 1.807) is 23.9 Å². The molecule has 0 unspecified atom stereocenters. The van der Waals surface area contributed by atoms with Crippen LogP contribution in [0.3, 0.4) is 0 Å². The van der Waals surface area contributed by atoms with Crippen LogP contribution >= 0.6 is 0 Å². The number of hydrogen-bond acceptors (Lipinski definition) is 4. The van der Waals surface area contributed by atoms with Gasteiger partial charge in [0.15, 0.2) is 0 Å². The first-order valence-electron chi connectivity index (χ1n) is 7.21. The average molecular weight is 293 g/mol. The van der Waals surface area contributed by atoms with Gasteiger partial charge in [-0.15, -0.1) is 0 Å². The van der Waals surface area contributed by atoms with Crippen molar-refractivity contribution in [2.45, 2.75) is 32.4 Å². The average Bonchev–Trinajstić information content (AvgIpc) is 3.10. The highest BCUT2D eigenvalue weighted by Gasteiger charge is 2.24. The number of rotatable bonds is 7. The topological polar surface area (TPSA) is 65.8 Å². The van der Waals surface area contributed by atoms with E-state index < -0.39 is 0 Å². The third-order valence-corrected chi connectivity index (χ3v) is 3.38. The highest BCUT2D eigenvalue weighted by Crippen LogP contribution is 2.18. The first-order valence-corrected chi connectivity index (χ1v) is 7.21. The van der Waals surface area contributed by atoms with Crippen molar-refractivity contribution in [3.63, 3.8) is 0 Å². The summed E-state index contributed by atoms with van der Waals surface area (Å²) in [5.74, 6) is 1.54. The van der Waals surface area contributed by atoms with Crippen molar-refractivity contribution >= 4 is 11.8 Å². The van der Waals surface area contributed by atoms with Crippen molar-refractivity contribution in [2.75, 3.05) is 27.2 Å². The molecule has 1 heterocycles. The molecule has 2 rings (SSSR count). The molecule has 0 radical (unpaired) electrons. The van der Waals surface area contributed by atoms with Crippen molar-refractivity contribution in [1.29, 1.82) is 0 Å². The molecule has 1 aliphatic rings. The zero-order chi connectivity index (χ0) is 15.4. The van der Waals surface area contributed by atoms with E-state index in [1.165, 1.54) is 0 Å². The lowest BCUT2D eigenvalue weighted by Crippen LogP contribution is -2.41. The fraction of sp³-hybridized carbons (Fsp3) is 0.600. The molecule has 6 nitrogen and oxygen atoms in total. The first-order chi connectivity index (χ1) is 9.94. The highest BCUT2D eigenvalue weighted by atomic mass is 16.3. The van der Waals surface area contributed by atoms with Gasteiger partial charge in [0.1, 0.15) is 11.5 Å². The molecule has 1 aromatic heterocycles. The molecular formula is C15H23N3O3. The van der Waals surface area contributed by atoms with E-state index in [1.807, 2.05) is 19.1 Å². The summed E-state index contributed by atoms with van der Waals surface area (Å²) in [6, 6.07) is 4.10. The number of hydrogen-bond donors (Lipinski definition) is 1. The van der Waals surface area contributed by atoms with Crippen LogP contribution in [0.5, 0.6) is 0 Å². The lowest BCUT2D eigenvalue weighted by Gasteiger charge is -2.20. The predicted molar refractivity (Wildman–Crippen MR) is 78.6 cm³/mol. The minimum absolute atomic E-state index is 0.0166. The quantitative estimate of drug-likeness (QED) is 0.806. The molecule has 1 aromatic rings. The maximum atomic E-state index is 12.1. The second-order valence-corrected chi connectivity index (χ2v) is 5.78. The number of furan rings is 1. The van der Waals surface area contributed by atoms with Gasteiger partial charge in [0.05, 0.1) is 19.6 Å². The zero-order valence-corrected chi connectivity index (χ0v) is 12.9. The first kappa shape index (κ1) is 15.6. The van der Waals surface area contributed by atoms with Gasteiger partial charge in [0, 0.05) is 13.1 Å². The Morgan fingerprint density at radius 3 is 2.57 bits per heavy atom. The van der Waals surface area contributed by atoms with Gasteiger partial charge in [-0.1, -0.05) is 0 Å². The van der Waals surface area contributed by atoms with Crippen LogP contribution in [-0.2, 0) is 16.1 Å². The maximum Gasteiger partial charge on any atom is 0.236 e. The molecule has 116 valence electrons. The van der Waals surface area contributed by atoms with E-state index in [9.17, 15) is 9.59 Å². The van der Waals surface area contributed by atoms with Gasteiger partial charge in [0.25, 0.3) is 0 Å². The number of likely N-dealkylation sites (N-methyl/N-ethyl adjacent to an activating group) is 2. The monoisotopic (exact) mass is 293 g/mol. The smallest absolute Gasteiger partial charge is 0.236 e. The Kier molecular flexibility index (Phi) is 5.01. The van der Waals surface area contributed by atoms with Gasteiger partial charge >= 0.3 is 0 Å². The summed E-state index contributed by atoms with van der Waals surface area (Å²) >= 11 is 0. The largest absolute Gasteiger partial charge is 0.464 e. The van der Waals surface area contributed by atoms with E-state index in [-0.39, 0.29) is 24.9 Å².